The minimum absolute atomic E-state index is 0.137. The number of methoxy groups -OCH3 is 2. The molecule has 1 aliphatic heterocycles. The van der Waals surface area contributed by atoms with E-state index in [4.69, 9.17) is 14.2 Å². The van der Waals surface area contributed by atoms with Gasteiger partial charge >= 0.3 is 0 Å². The molecule has 4 aromatic rings. The first kappa shape index (κ1) is 23.1. The molecule has 5 heteroatoms. The van der Waals surface area contributed by atoms with Gasteiger partial charge in [0, 0.05) is 11.8 Å². The van der Waals surface area contributed by atoms with Crippen LogP contribution in [0, 0.1) is 11.6 Å². The summed E-state index contributed by atoms with van der Waals surface area (Å²) >= 11 is 0. The van der Waals surface area contributed by atoms with Crippen molar-refractivity contribution in [2.45, 2.75) is 24.0 Å². The molecule has 0 N–H and O–H groups in total. The monoisotopic (exact) mass is 472 g/mol. The van der Waals surface area contributed by atoms with Crippen molar-refractivity contribution in [3.8, 4) is 11.5 Å². The molecule has 0 saturated carbocycles. The van der Waals surface area contributed by atoms with Crippen LogP contribution in [0.25, 0.3) is 0 Å². The fraction of sp³-hybridized carbons (Fsp3) is 0.200. The molecule has 35 heavy (non-hydrogen) atoms. The summed E-state index contributed by atoms with van der Waals surface area (Å²) in [6, 6.07) is 28.8. The summed E-state index contributed by atoms with van der Waals surface area (Å²) in [4.78, 5) is 0. The topological polar surface area (TPSA) is 27.7 Å². The lowest BCUT2D eigenvalue weighted by atomic mass is 9.75. The van der Waals surface area contributed by atoms with Gasteiger partial charge in [-0.2, -0.15) is 0 Å². The van der Waals surface area contributed by atoms with Gasteiger partial charge in [0.25, 0.3) is 0 Å². The molecule has 1 aliphatic rings. The first-order valence-electron chi connectivity index (χ1n) is 11.5. The number of rotatable bonds is 6. The number of hydrogen-bond donors (Lipinski definition) is 0. The number of halogens is 2. The molecule has 1 saturated heterocycles. The Balaban J connectivity index is 1.66. The molecule has 5 rings (SSSR count). The highest BCUT2D eigenvalue weighted by molar-refractivity contribution is 5.41. The Bertz CT molecular complexity index is 1150. The molecule has 0 spiro atoms. The fourth-order valence-electron chi connectivity index (χ4n) is 5.00. The van der Waals surface area contributed by atoms with E-state index in [1.54, 1.807) is 14.2 Å². The highest BCUT2D eigenvalue weighted by Crippen LogP contribution is 2.58. The Morgan fingerprint density at radius 3 is 1.11 bits per heavy atom. The molecule has 3 nitrogen and oxygen atoms in total. The van der Waals surface area contributed by atoms with E-state index < -0.39 is 0 Å². The van der Waals surface area contributed by atoms with Gasteiger partial charge in [-0.1, -0.05) is 48.5 Å². The Morgan fingerprint density at radius 1 is 0.486 bits per heavy atom. The van der Waals surface area contributed by atoms with E-state index in [1.165, 1.54) is 24.3 Å². The van der Waals surface area contributed by atoms with Crippen LogP contribution in [-0.4, -0.2) is 14.2 Å². The van der Waals surface area contributed by atoms with Gasteiger partial charge in [0.1, 0.15) is 23.1 Å². The molecule has 0 unspecified atom stereocenters. The van der Waals surface area contributed by atoms with Crippen molar-refractivity contribution < 1.29 is 23.0 Å². The van der Waals surface area contributed by atoms with Gasteiger partial charge in [0.05, 0.1) is 26.4 Å². The van der Waals surface area contributed by atoms with Crippen LogP contribution in [0.15, 0.2) is 97.1 Å². The third-order valence-electron chi connectivity index (χ3n) is 6.73. The van der Waals surface area contributed by atoms with E-state index >= 15 is 0 Å². The van der Waals surface area contributed by atoms with E-state index in [1.807, 2.05) is 72.8 Å². The average Bonchev–Trinajstić information content (AvgIpc) is 3.30. The van der Waals surface area contributed by atoms with Crippen LogP contribution in [0.2, 0.25) is 0 Å². The SMILES string of the molecule is COc1ccc([C@H]2O[C@H](c3ccc(OC)cc3)[C@@H](c3ccc(F)cc3)[C@@H]2c2ccc(F)cc2)cc1. The first-order chi connectivity index (χ1) is 17.1. The number of ether oxygens (including phenoxy) is 3. The molecule has 178 valence electrons. The predicted molar refractivity (Wildman–Crippen MR) is 131 cm³/mol. The second kappa shape index (κ2) is 9.88. The normalized spacial score (nSPS) is 21.6. The van der Waals surface area contributed by atoms with Crippen molar-refractivity contribution in [2.75, 3.05) is 14.2 Å². The maximum atomic E-state index is 13.9. The van der Waals surface area contributed by atoms with Crippen LogP contribution >= 0.6 is 0 Å². The average molecular weight is 473 g/mol. The van der Waals surface area contributed by atoms with E-state index in [0.29, 0.717) is 0 Å². The lowest BCUT2D eigenvalue weighted by Crippen LogP contribution is -2.14. The molecule has 0 aliphatic carbocycles. The quantitative estimate of drug-likeness (QED) is 0.293. The van der Waals surface area contributed by atoms with Crippen molar-refractivity contribution >= 4 is 0 Å². The highest BCUT2D eigenvalue weighted by Gasteiger charge is 2.47. The number of hydrogen-bond acceptors (Lipinski definition) is 3. The lowest BCUT2D eigenvalue weighted by Gasteiger charge is -2.26. The molecule has 1 fully saturated rings. The zero-order valence-electron chi connectivity index (χ0n) is 19.5. The van der Waals surface area contributed by atoms with Gasteiger partial charge in [-0.05, 0) is 70.8 Å². The molecule has 0 radical (unpaired) electrons. The van der Waals surface area contributed by atoms with Crippen molar-refractivity contribution in [1.82, 2.24) is 0 Å². The molecule has 0 bridgehead atoms. The van der Waals surface area contributed by atoms with Crippen LogP contribution in [0.3, 0.4) is 0 Å². The lowest BCUT2D eigenvalue weighted by molar-refractivity contribution is 0.0367. The summed E-state index contributed by atoms with van der Waals surface area (Å²) in [6.45, 7) is 0. The molecule has 0 aromatic heterocycles. The van der Waals surface area contributed by atoms with Gasteiger partial charge < -0.3 is 14.2 Å². The standard InChI is InChI=1S/C30H26F2O3/c1-33-25-15-7-21(8-16-25)29-27(19-3-11-23(31)12-4-19)28(20-5-13-24(32)14-6-20)30(35-29)22-9-17-26(34-2)18-10-22/h3-18,27-30H,1-2H3/t27-,28-,29+,30+/m0/s1. The summed E-state index contributed by atoms with van der Waals surface area (Å²) in [5.74, 6) is 0.652. The Hall–Kier alpha value is -3.70. The second-order valence-electron chi connectivity index (χ2n) is 8.68. The Kier molecular flexibility index (Phi) is 6.51. The summed E-state index contributed by atoms with van der Waals surface area (Å²) < 4.78 is 45.2. The summed E-state index contributed by atoms with van der Waals surface area (Å²) in [5, 5.41) is 0. The van der Waals surface area contributed by atoms with Crippen molar-refractivity contribution in [3.05, 3.63) is 131 Å². The molecule has 4 aromatic carbocycles. The summed E-state index contributed by atoms with van der Waals surface area (Å²) in [7, 11) is 3.26. The van der Waals surface area contributed by atoms with Gasteiger partial charge in [0.15, 0.2) is 0 Å². The maximum absolute atomic E-state index is 13.9. The largest absolute Gasteiger partial charge is 0.497 e. The molecule has 4 atom stereocenters. The van der Waals surface area contributed by atoms with E-state index in [2.05, 4.69) is 0 Å². The van der Waals surface area contributed by atoms with E-state index in [9.17, 15) is 8.78 Å². The van der Waals surface area contributed by atoms with Crippen LogP contribution < -0.4 is 9.47 Å². The third kappa shape index (κ3) is 4.64. The molecular weight excluding hydrogens is 446 g/mol. The van der Waals surface area contributed by atoms with Gasteiger partial charge in [-0.25, -0.2) is 8.78 Å². The molecule has 1 heterocycles. The number of benzene rings is 4. The highest BCUT2D eigenvalue weighted by atomic mass is 19.1. The van der Waals surface area contributed by atoms with Crippen LogP contribution in [-0.2, 0) is 4.74 Å². The van der Waals surface area contributed by atoms with Crippen LogP contribution in [0.1, 0.15) is 46.3 Å². The van der Waals surface area contributed by atoms with Crippen molar-refractivity contribution in [1.29, 1.82) is 0 Å². The van der Waals surface area contributed by atoms with Crippen LogP contribution in [0.4, 0.5) is 8.78 Å². The van der Waals surface area contributed by atoms with Crippen molar-refractivity contribution in [2.24, 2.45) is 0 Å². The molecular formula is C30H26F2O3. The second-order valence-corrected chi connectivity index (χ2v) is 8.68. The zero-order valence-corrected chi connectivity index (χ0v) is 19.5. The van der Waals surface area contributed by atoms with E-state index in [-0.39, 0.29) is 35.7 Å². The Morgan fingerprint density at radius 2 is 0.800 bits per heavy atom. The smallest absolute Gasteiger partial charge is 0.123 e. The predicted octanol–water partition coefficient (Wildman–Crippen LogP) is 7.36. The molecule has 0 amide bonds. The summed E-state index contributed by atoms with van der Waals surface area (Å²) in [6.07, 6.45) is -0.623. The van der Waals surface area contributed by atoms with E-state index in [0.717, 1.165) is 33.8 Å². The minimum Gasteiger partial charge on any atom is -0.497 e. The zero-order chi connectivity index (χ0) is 24.4. The van der Waals surface area contributed by atoms with Gasteiger partial charge in [0.2, 0.25) is 0 Å². The summed E-state index contributed by atoms with van der Waals surface area (Å²) in [5.41, 5.74) is 3.89. The third-order valence-corrected chi connectivity index (χ3v) is 6.73. The first-order valence-corrected chi connectivity index (χ1v) is 11.5. The van der Waals surface area contributed by atoms with Crippen LogP contribution in [0.5, 0.6) is 11.5 Å². The Labute approximate surface area is 203 Å². The van der Waals surface area contributed by atoms with Crippen molar-refractivity contribution in [3.63, 3.8) is 0 Å². The fourth-order valence-corrected chi connectivity index (χ4v) is 5.00. The van der Waals surface area contributed by atoms with Gasteiger partial charge in [-0.3, -0.25) is 0 Å². The maximum Gasteiger partial charge on any atom is 0.123 e. The minimum atomic E-state index is -0.312. The van der Waals surface area contributed by atoms with Gasteiger partial charge in [-0.15, -0.1) is 0 Å².